The summed E-state index contributed by atoms with van der Waals surface area (Å²) in [4.78, 5) is 16.7. The van der Waals surface area contributed by atoms with Crippen LogP contribution in [0.5, 0.6) is 11.5 Å². The quantitative estimate of drug-likeness (QED) is 0.484. The molecule has 0 amide bonds. The lowest BCUT2D eigenvalue weighted by Crippen LogP contribution is -2.03. The number of ether oxygens (including phenoxy) is 2. The molecule has 1 aliphatic rings. The number of carbonyl (C=O) groups excluding carboxylic acids is 1. The molecule has 2 aromatic rings. The van der Waals surface area contributed by atoms with Gasteiger partial charge in [0.1, 0.15) is 0 Å². The fraction of sp³-hybridized carbons (Fsp3) is 0.0667. The monoisotopic (exact) mass is 337 g/mol. The van der Waals surface area contributed by atoms with E-state index in [0.29, 0.717) is 17.1 Å². The predicted molar refractivity (Wildman–Crippen MR) is 82.0 cm³/mol. The number of carbonyl (C=O) groups is 1. The van der Waals surface area contributed by atoms with Gasteiger partial charge >= 0.3 is 5.97 Å². The first kappa shape index (κ1) is 14.7. The molecule has 0 bridgehead atoms. The minimum Gasteiger partial charge on any atom is -0.454 e. The lowest BCUT2D eigenvalue weighted by molar-refractivity contribution is 0.0519. The first-order valence-corrected chi connectivity index (χ1v) is 6.99. The van der Waals surface area contributed by atoms with Gasteiger partial charge in [0.2, 0.25) is 6.79 Å². The molecule has 0 aromatic heterocycles. The highest BCUT2D eigenvalue weighted by Crippen LogP contribution is 2.32. The Morgan fingerprint density at radius 1 is 1.14 bits per heavy atom. The molecule has 1 heterocycles. The van der Waals surface area contributed by atoms with Crippen LogP contribution < -0.4 is 9.47 Å². The Labute approximate surface area is 136 Å². The highest BCUT2D eigenvalue weighted by molar-refractivity contribution is 6.39. The van der Waals surface area contributed by atoms with Gasteiger partial charge in [-0.25, -0.2) is 4.79 Å². The molecule has 22 heavy (non-hydrogen) atoms. The lowest BCUT2D eigenvalue weighted by Gasteiger charge is -2.03. The standard InChI is InChI=1S/C15H9Cl2NO4/c16-10-2-1-3-11(17)14(10)15(19)22-18-7-9-4-5-12-13(6-9)21-8-20-12/h1-7H,8H2/b18-7-. The summed E-state index contributed by atoms with van der Waals surface area (Å²) in [6.07, 6.45) is 1.38. The molecule has 0 spiro atoms. The van der Waals surface area contributed by atoms with Crippen molar-refractivity contribution in [3.8, 4) is 11.5 Å². The van der Waals surface area contributed by atoms with Crippen LogP contribution in [-0.2, 0) is 4.84 Å². The maximum Gasteiger partial charge on any atom is 0.368 e. The Bertz CT molecular complexity index is 741. The fourth-order valence-corrected chi connectivity index (χ4v) is 2.42. The largest absolute Gasteiger partial charge is 0.454 e. The first-order valence-electron chi connectivity index (χ1n) is 6.23. The molecule has 0 N–H and O–H groups in total. The predicted octanol–water partition coefficient (Wildman–Crippen LogP) is 3.91. The van der Waals surface area contributed by atoms with Crippen LogP contribution in [-0.4, -0.2) is 19.0 Å². The molecule has 0 saturated heterocycles. The van der Waals surface area contributed by atoms with Crippen molar-refractivity contribution >= 4 is 35.4 Å². The fourth-order valence-electron chi connectivity index (χ4n) is 1.87. The molecule has 2 aromatic carbocycles. The lowest BCUT2D eigenvalue weighted by atomic mass is 10.2. The van der Waals surface area contributed by atoms with Crippen molar-refractivity contribution in [3.63, 3.8) is 0 Å². The minimum absolute atomic E-state index is 0.0775. The molecule has 0 fully saturated rings. The number of benzene rings is 2. The molecule has 0 unspecified atom stereocenters. The van der Waals surface area contributed by atoms with Gasteiger partial charge in [0.15, 0.2) is 11.5 Å². The van der Waals surface area contributed by atoms with E-state index in [1.165, 1.54) is 6.21 Å². The molecular weight excluding hydrogens is 329 g/mol. The summed E-state index contributed by atoms with van der Waals surface area (Å²) >= 11 is 11.8. The van der Waals surface area contributed by atoms with Gasteiger partial charge in [0.05, 0.1) is 21.8 Å². The van der Waals surface area contributed by atoms with Crippen LogP contribution in [0, 0.1) is 0 Å². The third-order valence-corrected chi connectivity index (χ3v) is 3.53. The molecule has 7 heteroatoms. The third-order valence-electron chi connectivity index (χ3n) is 2.90. The van der Waals surface area contributed by atoms with E-state index in [0.717, 1.165) is 0 Å². The summed E-state index contributed by atoms with van der Waals surface area (Å²) < 4.78 is 10.4. The van der Waals surface area contributed by atoms with E-state index in [1.807, 2.05) is 0 Å². The molecule has 0 aliphatic carbocycles. The summed E-state index contributed by atoms with van der Waals surface area (Å²) in [5.41, 5.74) is 0.774. The van der Waals surface area contributed by atoms with Crippen LogP contribution in [0.15, 0.2) is 41.6 Å². The normalized spacial score (nSPS) is 12.6. The van der Waals surface area contributed by atoms with E-state index in [2.05, 4.69) is 5.16 Å². The average molecular weight is 338 g/mol. The first-order chi connectivity index (χ1) is 10.6. The zero-order valence-corrected chi connectivity index (χ0v) is 12.6. The minimum atomic E-state index is -0.729. The van der Waals surface area contributed by atoms with Crippen molar-refractivity contribution in [1.29, 1.82) is 0 Å². The second-order valence-corrected chi connectivity index (χ2v) is 5.14. The summed E-state index contributed by atoms with van der Waals surface area (Å²) in [6, 6.07) is 9.96. The van der Waals surface area contributed by atoms with Gasteiger partial charge in [-0.15, -0.1) is 0 Å². The molecule has 5 nitrogen and oxygen atoms in total. The molecule has 3 rings (SSSR count). The Kier molecular flexibility index (Phi) is 4.18. The number of halogens is 2. The zero-order chi connectivity index (χ0) is 15.5. The smallest absolute Gasteiger partial charge is 0.368 e. The highest BCUT2D eigenvalue weighted by Gasteiger charge is 2.16. The zero-order valence-electron chi connectivity index (χ0n) is 11.1. The highest BCUT2D eigenvalue weighted by atomic mass is 35.5. The summed E-state index contributed by atoms with van der Waals surface area (Å²) in [7, 11) is 0. The van der Waals surface area contributed by atoms with E-state index >= 15 is 0 Å². The molecule has 0 atom stereocenters. The molecular formula is C15H9Cl2NO4. The number of nitrogens with zero attached hydrogens (tertiary/aromatic N) is 1. The second kappa shape index (κ2) is 6.25. The summed E-state index contributed by atoms with van der Waals surface area (Å²) in [5, 5.41) is 4.05. The maximum atomic E-state index is 11.9. The van der Waals surface area contributed by atoms with Gasteiger partial charge in [-0.05, 0) is 30.3 Å². The second-order valence-electron chi connectivity index (χ2n) is 4.32. The van der Waals surface area contributed by atoms with Gasteiger partial charge in [0.25, 0.3) is 0 Å². The van der Waals surface area contributed by atoms with E-state index < -0.39 is 5.97 Å². The van der Waals surface area contributed by atoms with Crippen LogP contribution in [0.25, 0.3) is 0 Å². The molecule has 1 aliphatic heterocycles. The Morgan fingerprint density at radius 3 is 2.64 bits per heavy atom. The molecule has 0 radical (unpaired) electrons. The van der Waals surface area contributed by atoms with Crippen LogP contribution in [0.3, 0.4) is 0 Å². The van der Waals surface area contributed by atoms with Gasteiger partial charge in [-0.1, -0.05) is 34.4 Å². The maximum absolute atomic E-state index is 11.9. The topological polar surface area (TPSA) is 57.1 Å². The Morgan fingerprint density at radius 2 is 1.86 bits per heavy atom. The third kappa shape index (κ3) is 3.00. The van der Waals surface area contributed by atoms with Crippen molar-refractivity contribution < 1.29 is 19.1 Å². The Balaban J connectivity index is 1.71. The van der Waals surface area contributed by atoms with Crippen molar-refractivity contribution in [1.82, 2.24) is 0 Å². The van der Waals surface area contributed by atoms with Gasteiger partial charge in [-0.2, -0.15) is 0 Å². The van der Waals surface area contributed by atoms with Crippen molar-refractivity contribution in [2.45, 2.75) is 0 Å². The van der Waals surface area contributed by atoms with Crippen molar-refractivity contribution in [3.05, 3.63) is 57.6 Å². The average Bonchev–Trinajstić information content (AvgIpc) is 2.94. The molecule has 0 saturated carbocycles. The van der Waals surface area contributed by atoms with Crippen LogP contribution in [0.1, 0.15) is 15.9 Å². The van der Waals surface area contributed by atoms with E-state index in [9.17, 15) is 4.79 Å². The van der Waals surface area contributed by atoms with E-state index in [1.54, 1.807) is 36.4 Å². The van der Waals surface area contributed by atoms with Crippen LogP contribution in [0.4, 0.5) is 0 Å². The van der Waals surface area contributed by atoms with E-state index in [-0.39, 0.29) is 22.4 Å². The van der Waals surface area contributed by atoms with Crippen LogP contribution in [0.2, 0.25) is 10.0 Å². The van der Waals surface area contributed by atoms with Crippen LogP contribution >= 0.6 is 23.2 Å². The number of fused-ring (bicyclic) bond motifs is 1. The number of hydrogen-bond donors (Lipinski definition) is 0. The summed E-state index contributed by atoms with van der Waals surface area (Å²) in [6.45, 7) is 0.190. The SMILES string of the molecule is O=C(O/N=C\c1ccc2c(c1)OCO2)c1c(Cl)cccc1Cl. The number of hydrogen-bond acceptors (Lipinski definition) is 5. The van der Waals surface area contributed by atoms with E-state index in [4.69, 9.17) is 37.5 Å². The van der Waals surface area contributed by atoms with Gasteiger partial charge in [-0.3, -0.25) is 0 Å². The van der Waals surface area contributed by atoms with Crippen molar-refractivity contribution in [2.24, 2.45) is 5.16 Å². The number of rotatable bonds is 3. The van der Waals surface area contributed by atoms with Gasteiger partial charge < -0.3 is 14.3 Å². The van der Waals surface area contributed by atoms with Crippen molar-refractivity contribution in [2.75, 3.05) is 6.79 Å². The van der Waals surface area contributed by atoms with Gasteiger partial charge in [0, 0.05) is 5.56 Å². The summed E-state index contributed by atoms with van der Waals surface area (Å²) in [5.74, 6) is 0.550. The number of oxime groups is 1. The molecule has 112 valence electrons. The Hall–Kier alpha value is -2.24.